The van der Waals surface area contributed by atoms with E-state index in [1.807, 2.05) is 12.3 Å². The number of anilines is 1. The summed E-state index contributed by atoms with van der Waals surface area (Å²) < 4.78 is 32.2. The monoisotopic (exact) mass is 443 g/mol. The molecule has 2 heterocycles. The van der Waals surface area contributed by atoms with Crippen molar-refractivity contribution in [3.05, 3.63) is 81.1 Å². The summed E-state index contributed by atoms with van der Waals surface area (Å²) in [5.74, 6) is -1.67. The van der Waals surface area contributed by atoms with Crippen LogP contribution in [0.5, 0.6) is 5.75 Å². The van der Waals surface area contributed by atoms with Gasteiger partial charge in [-0.1, -0.05) is 6.07 Å². The highest BCUT2D eigenvalue weighted by Crippen LogP contribution is 2.26. The summed E-state index contributed by atoms with van der Waals surface area (Å²) in [6.45, 7) is 2.25. The molecule has 0 unspecified atom stereocenters. The van der Waals surface area contributed by atoms with E-state index in [1.54, 1.807) is 41.0 Å². The molecule has 0 spiro atoms. The maximum Gasteiger partial charge on any atom is 0.257 e. The highest BCUT2D eigenvalue weighted by Gasteiger charge is 2.12. The number of ether oxygens (including phenoxy) is 1. The maximum absolute atomic E-state index is 13.4. The van der Waals surface area contributed by atoms with E-state index < -0.39 is 11.6 Å². The van der Waals surface area contributed by atoms with Gasteiger partial charge >= 0.3 is 0 Å². The third-order valence-electron chi connectivity index (χ3n) is 4.09. The molecule has 5 nitrogen and oxygen atoms in total. The standard InChI is InChI=1S/C21H15F2N3O2S2/c1-12-24-15(10-29-12)9-28-16-4-2-3-14(7-16)20(27)26-21-25-19(11-30-21)13-5-6-17(22)18(23)8-13/h2-8,10-11H,9H2,1H3,(H,25,26,27). The number of amides is 1. The number of halogens is 2. The fourth-order valence-electron chi connectivity index (χ4n) is 2.65. The Hall–Kier alpha value is -3.17. The third-order valence-corrected chi connectivity index (χ3v) is 5.67. The second kappa shape index (κ2) is 8.68. The van der Waals surface area contributed by atoms with E-state index >= 15 is 0 Å². The average molecular weight is 444 g/mol. The fourth-order valence-corrected chi connectivity index (χ4v) is 3.96. The molecular weight excluding hydrogens is 428 g/mol. The molecule has 2 aromatic carbocycles. The van der Waals surface area contributed by atoms with Gasteiger partial charge in [-0.05, 0) is 43.3 Å². The molecule has 4 aromatic rings. The highest BCUT2D eigenvalue weighted by atomic mass is 32.1. The summed E-state index contributed by atoms with van der Waals surface area (Å²) in [7, 11) is 0. The van der Waals surface area contributed by atoms with Crippen LogP contribution in [0.1, 0.15) is 21.1 Å². The molecule has 0 radical (unpaired) electrons. The van der Waals surface area contributed by atoms with Gasteiger partial charge in [0.1, 0.15) is 12.4 Å². The Morgan fingerprint density at radius 1 is 1.07 bits per heavy atom. The lowest BCUT2D eigenvalue weighted by atomic mass is 10.2. The molecule has 0 aliphatic rings. The van der Waals surface area contributed by atoms with Crippen LogP contribution in [0.3, 0.4) is 0 Å². The minimum Gasteiger partial charge on any atom is -0.487 e. The second-order valence-corrected chi connectivity index (χ2v) is 8.22. The molecule has 0 fully saturated rings. The first-order valence-corrected chi connectivity index (χ1v) is 10.6. The number of rotatable bonds is 6. The molecule has 2 aromatic heterocycles. The second-order valence-electron chi connectivity index (χ2n) is 6.30. The van der Waals surface area contributed by atoms with E-state index in [2.05, 4.69) is 15.3 Å². The molecule has 0 bridgehead atoms. The van der Waals surface area contributed by atoms with Crippen LogP contribution in [0.15, 0.2) is 53.2 Å². The lowest BCUT2D eigenvalue weighted by Gasteiger charge is -2.07. The first-order valence-electron chi connectivity index (χ1n) is 8.84. The maximum atomic E-state index is 13.4. The Balaban J connectivity index is 1.42. The molecule has 0 aliphatic carbocycles. The van der Waals surface area contributed by atoms with E-state index in [0.717, 1.165) is 22.8 Å². The predicted molar refractivity (Wildman–Crippen MR) is 113 cm³/mol. The SMILES string of the molecule is Cc1nc(COc2cccc(C(=O)Nc3nc(-c4ccc(F)c(F)c4)cs3)c2)cs1. The van der Waals surface area contributed by atoms with Crippen molar-refractivity contribution in [2.45, 2.75) is 13.5 Å². The van der Waals surface area contributed by atoms with E-state index in [9.17, 15) is 13.6 Å². The summed E-state index contributed by atoms with van der Waals surface area (Å²) in [6, 6.07) is 10.3. The summed E-state index contributed by atoms with van der Waals surface area (Å²) in [6.07, 6.45) is 0. The zero-order chi connectivity index (χ0) is 21.1. The number of nitrogens with zero attached hydrogens (tertiary/aromatic N) is 2. The number of carbonyl (C=O) groups excluding carboxylic acids is 1. The average Bonchev–Trinajstić information content (AvgIpc) is 3.37. The van der Waals surface area contributed by atoms with Crippen molar-refractivity contribution in [2.75, 3.05) is 5.32 Å². The summed E-state index contributed by atoms with van der Waals surface area (Å²) in [4.78, 5) is 21.2. The van der Waals surface area contributed by atoms with Gasteiger partial charge in [-0.15, -0.1) is 22.7 Å². The van der Waals surface area contributed by atoms with Gasteiger partial charge in [-0.25, -0.2) is 18.7 Å². The van der Waals surface area contributed by atoms with Crippen molar-refractivity contribution in [1.82, 2.24) is 9.97 Å². The minimum absolute atomic E-state index is 0.319. The van der Waals surface area contributed by atoms with Crippen molar-refractivity contribution >= 4 is 33.7 Å². The number of aryl methyl sites for hydroxylation is 1. The smallest absolute Gasteiger partial charge is 0.257 e. The molecule has 30 heavy (non-hydrogen) atoms. The van der Waals surface area contributed by atoms with E-state index in [1.165, 1.54) is 17.4 Å². The predicted octanol–water partition coefficient (Wildman–Crippen LogP) is 5.68. The van der Waals surface area contributed by atoms with Crippen molar-refractivity contribution in [2.24, 2.45) is 0 Å². The number of aromatic nitrogens is 2. The summed E-state index contributed by atoms with van der Waals surface area (Å²) >= 11 is 2.74. The van der Waals surface area contributed by atoms with Gasteiger partial charge in [0.15, 0.2) is 16.8 Å². The lowest BCUT2D eigenvalue weighted by molar-refractivity contribution is 0.102. The first-order chi connectivity index (χ1) is 14.5. The van der Waals surface area contributed by atoms with Crippen LogP contribution in [0.2, 0.25) is 0 Å². The van der Waals surface area contributed by atoms with Crippen molar-refractivity contribution < 1.29 is 18.3 Å². The van der Waals surface area contributed by atoms with Gasteiger partial charge < -0.3 is 4.74 Å². The van der Waals surface area contributed by atoms with Gasteiger partial charge in [-0.2, -0.15) is 0 Å². The highest BCUT2D eigenvalue weighted by molar-refractivity contribution is 7.14. The van der Waals surface area contributed by atoms with E-state index in [-0.39, 0.29) is 5.91 Å². The number of nitrogens with one attached hydrogen (secondary N) is 1. The molecule has 152 valence electrons. The number of carbonyl (C=O) groups is 1. The van der Waals surface area contributed by atoms with Gasteiger partial charge in [0.2, 0.25) is 0 Å². The molecule has 1 N–H and O–H groups in total. The molecule has 0 atom stereocenters. The molecule has 0 saturated carbocycles. The van der Waals surface area contributed by atoms with Gasteiger partial charge in [-0.3, -0.25) is 10.1 Å². The largest absolute Gasteiger partial charge is 0.487 e. The third kappa shape index (κ3) is 4.69. The van der Waals surface area contributed by atoms with Crippen LogP contribution < -0.4 is 10.1 Å². The molecule has 1 amide bonds. The number of hydrogen-bond acceptors (Lipinski definition) is 6. The Morgan fingerprint density at radius 2 is 1.93 bits per heavy atom. The van der Waals surface area contributed by atoms with Crippen molar-refractivity contribution in [3.63, 3.8) is 0 Å². The first kappa shape index (κ1) is 20.1. The normalized spacial score (nSPS) is 10.8. The molecule has 9 heteroatoms. The van der Waals surface area contributed by atoms with Crippen LogP contribution in [-0.2, 0) is 6.61 Å². The number of thiazole rings is 2. The van der Waals surface area contributed by atoms with Gasteiger partial charge in [0.05, 0.1) is 16.4 Å². The number of hydrogen-bond donors (Lipinski definition) is 1. The molecule has 0 aliphatic heterocycles. The zero-order valence-corrected chi connectivity index (χ0v) is 17.3. The Bertz CT molecular complexity index is 1210. The number of benzene rings is 2. The van der Waals surface area contributed by atoms with E-state index in [0.29, 0.717) is 34.3 Å². The van der Waals surface area contributed by atoms with Gasteiger partial charge in [0, 0.05) is 21.9 Å². The van der Waals surface area contributed by atoms with Crippen LogP contribution >= 0.6 is 22.7 Å². The van der Waals surface area contributed by atoms with Crippen LogP contribution in [0, 0.1) is 18.6 Å². The lowest BCUT2D eigenvalue weighted by Crippen LogP contribution is -2.11. The molecule has 4 rings (SSSR count). The topological polar surface area (TPSA) is 64.1 Å². The Labute approximate surface area is 179 Å². The summed E-state index contributed by atoms with van der Waals surface area (Å²) in [5, 5.41) is 7.62. The minimum atomic E-state index is -0.948. The summed E-state index contributed by atoms with van der Waals surface area (Å²) in [5.41, 5.74) is 2.12. The van der Waals surface area contributed by atoms with Crippen molar-refractivity contribution in [3.8, 4) is 17.0 Å². The molecular formula is C21H15F2N3O2S2. The van der Waals surface area contributed by atoms with E-state index in [4.69, 9.17) is 4.74 Å². The van der Waals surface area contributed by atoms with Gasteiger partial charge in [0.25, 0.3) is 5.91 Å². The molecule has 0 saturated heterocycles. The Kier molecular flexibility index (Phi) is 5.82. The fraction of sp³-hybridized carbons (Fsp3) is 0.0952. The van der Waals surface area contributed by atoms with Crippen molar-refractivity contribution in [1.29, 1.82) is 0 Å². The zero-order valence-electron chi connectivity index (χ0n) is 15.7. The Morgan fingerprint density at radius 3 is 2.70 bits per heavy atom. The van der Waals surface area contributed by atoms with Crippen LogP contribution in [-0.4, -0.2) is 15.9 Å². The quantitative estimate of drug-likeness (QED) is 0.416. The van der Waals surface area contributed by atoms with Crippen LogP contribution in [0.4, 0.5) is 13.9 Å². The van der Waals surface area contributed by atoms with Crippen LogP contribution in [0.25, 0.3) is 11.3 Å².